The molecule has 2 aromatic carbocycles. The molecule has 33 heavy (non-hydrogen) atoms. The van der Waals surface area contributed by atoms with Crippen molar-refractivity contribution in [2.24, 2.45) is 0 Å². The summed E-state index contributed by atoms with van der Waals surface area (Å²) in [5, 5.41) is 9.39. The molecule has 7 nitrogen and oxygen atoms in total. The molecular formula is C25H30O7S. The van der Waals surface area contributed by atoms with E-state index in [1.165, 1.54) is 49.6 Å². The summed E-state index contributed by atoms with van der Waals surface area (Å²) in [6, 6.07) is 6.84. The number of hydrogen-bond donors (Lipinski definition) is 1. The standard InChI is InChI=1S/C25H30O7S/c1-3-5-6-7-8-9-12-31-18-15-20-23(26)19-14-17(25(27)28)10-11-21(19)32-24(20)22(16-18)33(29,30)13-4-2/h10-11,14-16H,3-9,12-13H2,1-2H3,(H,27,28). The number of hydrogen-bond acceptors (Lipinski definition) is 6. The van der Waals surface area contributed by atoms with Crippen LogP contribution in [0.3, 0.4) is 0 Å². The molecule has 1 N–H and O–H groups in total. The molecule has 0 aliphatic heterocycles. The van der Waals surface area contributed by atoms with Gasteiger partial charge in [-0.15, -0.1) is 0 Å². The molecular weight excluding hydrogens is 444 g/mol. The van der Waals surface area contributed by atoms with Crippen molar-refractivity contribution >= 4 is 37.7 Å². The van der Waals surface area contributed by atoms with Gasteiger partial charge >= 0.3 is 5.97 Å². The Balaban J connectivity index is 2.05. The highest BCUT2D eigenvalue weighted by Crippen LogP contribution is 2.31. The van der Waals surface area contributed by atoms with E-state index in [0.29, 0.717) is 13.0 Å². The monoisotopic (exact) mass is 474 g/mol. The molecule has 0 saturated heterocycles. The highest BCUT2D eigenvalue weighted by Gasteiger charge is 2.23. The minimum absolute atomic E-state index is 0.0315. The summed E-state index contributed by atoms with van der Waals surface area (Å²) in [4.78, 5) is 24.5. The van der Waals surface area contributed by atoms with E-state index in [1.54, 1.807) is 6.92 Å². The Morgan fingerprint density at radius 2 is 1.70 bits per heavy atom. The predicted molar refractivity (Wildman–Crippen MR) is 128 cm³/mol. The molecule has 1 aromatic heterocycles. The van der Waals surface area contributed by atoms with Crippen molar-refractivity contribution in [2.75, 3.05) is 12.4 Å². The number of sulfone groups is 1. The first-order valence-electron chi connectivity index (χ1n) is 11.4. The lowest BCUT2D eigenvalue weighted by Gasteiger charge is -2.12. The van der Waals surface area contributed by atoms with Gasteiger partial charge in [0.25, 0.3) is 0 Å². The second-order valence-corrected chi connectivity index (χ2v) is 10.3. The third-order valence-corrected chi connectivity index (χ3v) is 7.45. The van der Waals surface area contributed by atoms with E-state index in [9.17, 15) is 23.1 Å². The van der Waals surface area contributed by atoms with Crippen LogP contribution in [0, 0.1) is 0 Å². The predicted octanol–water partition coefficient (Wildman–Crippen LogP) is 5.57. The van der Waals surface area contributed by atoms with Gasteiger partial charge < -0.3 is 14.3 Å². The van der Waals surface area contributed by atoms with E-state index in [-0.39, 0.29) is 43.9 Å². The summed E-state index contributed by atoms with van der Waals surface area (Å²) in [6.45, 7) is 4.33. The van der Waals surface area contributed by atoms with Crippen LogP contribution in [0.25, 0.3) is 21.9 Å². The minimum atomic E-state index is -3.72. The Kier molecular flexibility index (Phi) is 8.13. The van der Waals surface area contributed by atoms with Crippen LogP contribution in [0.15, 0.2) is 44.4 Å². The lowest BCUT2D eigenvalue weighted by atomic mass is 10.1. The van der Waals surface area contributed by atoms with E-state index in [4.69, 9.17) is 9.15 Å². The molecule has 0 fully saturated rings. The topological polar surface area (TPSA) is 111 Å². The van der Waals surface area contributed by atoms with Crippen molar-refractivity contribution in [3.8, 4) is 5.75 Å². The van der Waals surface area contributed by atoms with Crippen LogP contribution >= 0.6 is 0 Å². The Labute approximate surface area is 193 Å². The van der Waals surface area contributed by atoms with Crippen LogP contribution in [0.2, 0.25) is 0 Å². The quantitative estimate of drug-likeness (QED) is 0.270. The number of carboxylic acid groups (broad SMARTS) is 1. The van der Waals surface area contributed by atoms with E-state index < -0.39 is 21.2 Å². The van der Waals surface area contributed by atoms with Crippen LogP contribution in [-0.2, 0) is 9.84 Å². The molecule has 0 saturated carbocycles. The number of fused-ring (bicyclic) bond motifs is 2. The third-order valence-electron chi connectivity index (χ3n) is 5.53. The van der Waals surface area contributed by atoms with Crippen molar-refractivity contribution in [2.45, 2.75) is 63.7 Å². The van der Waals surface area contributed by atoms with Gasteiger partial charge in [-0.3, -0.25) is 4.79 Å². The van der Waals surface area contributed by atoms with E-state index >= 15 is 0 Å². The van der Waals surface area contributed by atoms with E-state index in [1.807, 2.05) is 0 Å². The van der Waals surface area contributed by atoms with Crippen molar-refractivity contribution in [3.05, 3.63) is 46.1 Å². The molecule has 0 aliphatic carbocycles. The summed E-state index contributed by atoms with van der Waals surface area (Å²) in [5.74, 6) is -0.978. The summed E-state index contributed by atoms with van der Waals surface area (Å²) < 4.78 is 37.6. The largest absolute Gasteiger partial charge is 0.494 e. The normalized spacial score (nSPS) is 11.8. The zero-order valence-corrected chi connectivity index (χ0v) is 19.9. The number of unbranched alkanes of at least 4 members (excludes halogenated alkanes) is 5. The van der Waals surface area contributed by atoms with E-state index in [2.05, 4.69) is 6.92 Å². The fourth-order valence-corrected chi connectivity index (χ4v) is 5.29. The summed E-state index contributed by atoms with van der Waals surface area (Å²) in [6.07, 6.45) is 6.93. The van der Waals surface area contributed by atoms with E-state index in [0.717, 1.165) is 19.3 Å². The molecule has 1 heterocycles. The fourth-order valence-electron chi connectivity index (χ4n) is 3.80. The Bertz CT molecular complexity index is 1310. The van der Waals surface area contributed by atoms with Gasteiger partial charge in [-0.05, 0) is 37.1 Å². The molecule has 0 aliphatic rings. The number of aromatic carboxylic acids is 1. The molecule has 0 atom stereocenters. The highest BCUT2D eigenvalue weighted by atomic mass is 32.2. The first-order valence-corrected chi connectivity index (χ1v) is 13.1. The lowest BCUT2D eigenvalue weighted by molar-refractivity contribution is 0.0697. The highest BCUT2D eigenvalue weighted by molar-refractivity contribution is 7.91. The smallest absolute Gasteiger partial charge is 0.335 e. The van der Waals surface area contributed by atoms with Gasteiger partial charge in [-0.2, -0.15) is 0 Å². The maximum Gasteiger partial charge on any atom is 0.335 e. The SMILES string of the molecule is CCCCCCCCOc1cc(S(=O)(=O)CCC)c2oc3ccc(C(=O)O)cc3c(=O)c2c1. The fraction of sp³-hybridized carbons (Fsp3) is 0.440. The maximum absolute atomic E-state index is 13.2. The van der Waals surface area contributed by atoms with Gasteiger partial charge in [-0.1, -0.05) is 46.0 Å². The van der Waals surface area contributed by atoms with Crippen molar-refractivity contribution in [1.82, 2.24) is 0 Å². The molecule has 178 valence electrons. The number of benzene rings is 2. The Hall–Kier alpha value is -2.87. The lowest BCUT2D eigenvalue weighted by Crippen LogP contribution is -2.11. The maximum atomic E-state index is 13.2. The minimum Gasteiger partial charge on any atom is -0.494 e. The average molecular weight is 475 g/mol. The summed E-state index contributed by atoms with van der Waals surface area (Å²) >= 11 is 0. The number of carboxylic acids is 1. The second kappa shape index (κ2) is 10.8. The van der Waals surface area contributed by atoms with Crippen LogP contribution in [0.5, 0.6) is 5.75 Å². The van der Waals surface area contributed by atoms with Gasteiger partial charge in [-0.25, -0.2) is 13.2 Å². The first-order chi connectivity index (χ1) is 15.8. The molecule has 0 radical (unpaired) electrons. The zero-order valence-electron chi connectivity index (χ0n) is 19.1. The van der Waals surface area contributed by atoms with Crippen LogP contribution < -0.4 is 10.2 Å². The number of rotatable bonds is 12. The van der Waals surface area contributed by atoms with Crippen molar-refractivity contribution in [3.63, 3.8) is 0 Å². The molecule has 3 aromatic rings. The van der Waals surface area contributed by atoms with Crippen LogP contribution in [-0.4, -0.2) is 31.9 Å². The molecule has 0 amide bonds. The molecule has 0 unspecified atom stereocenters. The number of carbonyl (C=O) groups is 1. The van der Waals surface area contributed by atoms with Crippen molar-refractivity contribution < 1.29 is 27.5 Å². The number of ether oxygens (including phenoxy) is 1. The zero-order chi connectivity index (χ0) is 24.0. The van der Waals surface area contributed by atoms with Gasteiger partial charge in [0, 0.05) is 6.07 Å². The third kappa shape index (κ3) is 5.74. The second-order valence-electron chi connectivity index (χ2n) is 8.18. The Morgan fingerprint density at radius 1 is 0.970 bits per heavy atom. The van der Waals surface area contributed by atoms with Crippen LogP contribution in [0.4, 0.5) is 0 Å². The summed E-state index contributed by atoms with van der Waals surface area (Å²) in [7, 11) is -3.72. The molecule has 0 bridgehead atoms. The van der Waals surface area contributed by atoms with Gasteiger partial charge in [0.15, 0.2) is 15.4 Å². The van der Waals surface area contributed by atoms with Gasteiger partial charge in [0.05, 0.1) is 28.7 Å². The van der Waals surface area contributed by atoms with Crippen molar-refractivity contribution in [1.29, 1.82) is 0 Å². The average Bonchev–Trinajstić information content (AvgIpc) is 2.78. The van der Waals surface area contributed by atoms with Crippen LogP contribution in [0.1, 0.15) is 69.2 Å². The Morgan fingerprint density at radius 3 is 2.39 bits per heavy atom. The first kappa shape index (κ1) is 24.8. The molecule has 3 rings (SSSR count). The summed E-state index contributed by atoms with van der Waals surface area (Å²) in [5.41, 5.74) is -0.446. The van der Waals surface area contributed by atoms with Gasteiger partial charge in [0.2, 0.25) is 5.43 Å². The van der Waals surface area contributed by atoms with Gasteiger partial charge in [0.1, 0.15) is 16.2 Å². The molecule has 8 heteroatoms. The molecule has 0 spiro atoms.